The van der Waals surface area contributed by atoms with Crippen molar-refractivity contribution in [3.8, 4) is 11.8 Å². The first-order valence-corrected chi connectivity index (χ1v) is 10.6. The van der Waals surface area contributed by atoms with E-state index in [1.807, 2.05) is 37.3 Å². The molecule has 0 saturated heterocycles. The molecule has 2 N–H and O–H groups in total. The number of aromatic nitrogens is 1. The van der Waals surface area contributed by atoms with Crippen LogP contribution >= 0.6 is 0 Å². The minimum absolute atomic E-state index is 0.164. The van der Waals surface area contributed by atoms with Crippen molar-refractivity contribution >= 4 is 5.97 Å². The van der Waals surface area contributed by atoms with Gasteiger partial charge in [-0.2, -0.15) is 5.26 Å². The van der Waals surface area contributed by atoms with Crippen LogP contribution in [0.4, 0.5) is 0 Å². The molecule has 1 aliphatic carbocycles. The van der Waals surface area contributed by atoms with Gasteiger partial charge in [-0.05, 0) is 41.8 Å². The number of carbonyl (C=O) groups excluding carboxylic acids is 1. The zero-order valence-corrected chi connectivity index (χ0v) is 18.1. The van der Waals surface area contributed by atoms with E-state index in [-0.39, 0.29) is 5.69 Å². The van der Waals surface area contributed by atoms with E-state index in [2.05, 4.69) is 11.1 Å². The van der Waals surface area contributed by atoms with E-state index in [9.17, 15) is 20.3 Å². The van der Waals surface area contributed by atoms with Crippen molar-refractivity contribution in [2.24, 2.45) is 5.92 Å². The van der Waals surface area contributed by atoms with Crippen LogP contribution in [0.5, 0.6) is 5.75 Å². The average Bonchev–Trinajstić information content (AvgIpc) is 3.21. The van der Waals surface area contributed by atoms with Crippen molar-refractivity contribution < 1.29 is 24.5 Å². The van der Waals surface area contributed by atoms with Crippen molar-refractivity contribution in [2.75, 3.05) is 7.11 Å². The van der Waals surface area contributed by atoms with Gasteiger partial charge in [0.15, 0.2) is 11.2 Å². The Balaban J connectivity index is 1.86. The summed E-state index contributed by atoms with van der Waals surface area (Å²) in [6, 6.07) is 19.6. The van der Waals surface area contributed by atoms with Gasteiger partial charge in [0, 0.05) is 12.1 Å². The van der Waals surface area contributed by atoms with Gasteiger partial charge in [-0.3, -0.25) is 9.78 Å². The van der Waals surface area contributed by atoms with Crippen molar-refractivity contribution in [2.45, 2.75) is 30.1 Å². The molecule has 0 spiro atoms. The SMILES string of the molecule is COC(=O)[C@H]1[C@@H](O)[C@@]2(O)c3ncc(C)cc3O[C@@]2(c2ccc(C#N)cc2)[C@@H]1c1ccccc1. The number of methoxy groups -OCH3 is 1. The normalized spacial score (nSPS) is 29.5. The van der Waals surface area contributed by atoms with Crippen molar-refractivity contribution in [3.63, 3.8) is 0 Å². The maximum Gasteiger partial charge on any atom is 0.312 e. The summed E-state index contributed by atoms with van der Waals surface area (Å²) in [4.78, 5) is 17.4. The summed E-state index contributed by atoms with van der Waals surface area (Å²) < 4.78 is 11.6. The summed E-state index contributed by atoms with van der Waals surface area (Å²) in [7, 11) is 1.25. The number of aliphatic hydroxyl groups excluding tert-OH is 1. The van der Waals surface area contributed by atoms with Crippen LogP contribution < -0.4 is 4.74 Å². The Morgan fingerprint density at radius 2 is 1.88 bits per heavy atom. The number of nitriles is 1. The predicted octanol–water partition coefficient (Wildman–Crippen LogP) is 2.68. The Bertz CT molecular complexity index is 1270. The Morgan fingerprint density at radius 1 is 1.18 bits per heavy atom. The highest BCUT2D eigenvalue weighted by molar-refractivity contribution is 5.77. The van der Waals surface area contributed by atoms with Gasteiger partial charge in [-0.25, -0.2) is 0 Å². The smallest absolute Gasteiger partial charge is 0.312 e. The molecule has 1 fully saturated rings. The van der Waals surface area contributed by atoms with Gasteiger partial charge in [-0.1, -0.05) is 42.5 Å². The number of esters is 1. The Kier molecular flexibility index (Phi) is 4.74. The molecule has 0 radical (unpaired) electrons. The lowest BCUT2D eigenvalue weighted by molar-refractivity contribution is -0.162. The molecule has 7 heteroatoms. The molecule has 2 aromatic carbocycles. The predicted molar refractivity (Wildman–Crippen MR) is 117 cm³/mol. The van der Waals surface area contributed by atoms with Crippen LogP contribution in [0.3, 0.4) is 0 Å². The maximum atomic E-state index is 13.0. The minimum atomic E-state index is -2.05. The van der Waals surface area contributed by atoms with Crippen LogP contribution in [0.15, 0.2) is 66.9 Å². The fourth-order valence-electron chi connectivity index (χ4n) is 5.44. The van der Waals surface area contributed by atoms with Gasteiger partial charge < -0.3 is 19.7 Å². The second-order valence-corrected chi connectivity index (χ2v) is 8.53. The highest BCUT2D eigenvalue weighted by Gasteiger charge is 2.78. The summed E-state index contributed by atoms with van der Waals surface area (Å²) in [6.45, 7) is 1.85. The first-order chi connectivity index (χ1) is 15.9. The van der Waals surface area contributed by atoms with Crippen LogP contribution in [0, 0.1) is 24.2 Å². The zero-order valence-electron chi connectivity index (χ0n) is 18.1. The number of aliphatic hydroxyl groups is 2. The first-order valence-electron chi connectivity index (χ1n) is 10.6. The molecule has 7 nitrogen and oxygen atoms in total. The molecule has 5 rings (SSSR count). The van der Waals surface area contributed by atoms with E-state index in [1.54, 1.807) is 36.5 Å². The standard InChI is InChI=1S/C26H22N2O5/c1-15-12-19-22(28-14-15)25(31)23(29)20(24(30)32-2)21(17-6-4-3-5-7-17)26(25,33-19)18-10-8-16(13-27)9-11-18/h3-12,14,20-21,23,29,31H,1-2H3/t20-,21-,23-,25+,26+/m1/s1. The summed E-state index contributed by atoms with van der Waals surface area (Å²) in [5.41, 5.74) is -1.02. The number of rotatable bonds is 3. The summed E-state index contributed by atoms with van der Waals surface area (Å²) >= 11 is 0. The maximum absolute atomic E-state index is 13.0. The fraction of sp³-hybridized carbons (Fsp3) is 0.269. The Labute approximate surface area is 190 Å². The monoisotopic (exact) mass is 442 g/mol. The van der Waals surface area contributed by atoms with Gasteiger partial charge in [0.25, 0.3) is 0 Å². The lowest BCUT2D eigenvalue weighted by atomic mass is 9.71. The first kappa shape index (κ1) is 21.1. The largest absolute Gasteiger partial charge is 0.476 e. The minimum Gasteiger partial charge on any atom is -0.476 e. The quantitative estimate of drug-likeness (QED) is 0.600. The third-order valence-corrected chi connectivity index (χ3v) is 6.83. The molecule has 1 aromatic heterocycles. The molecule has 33 heavy (non-hydrogen) atoms. The van der Waals surface area contributed by atoms with E-state index in [1.165, 1.54) is 7.11 Å². The van der Waals surface area contributed by atoms with E-state index in [4.69, 9.17) is 9.47 Å². The molecule has 1 saturated carbocycles. The molecule has 1 aliphatic heterocycles. The Morgan fingerprint density at radius 3 is 2.52 bits per heavy atom. The lowest BCUT2D eigenvalue weighted by Crippen LogP contribution is -2.52. The van der Waals surface area contributed by atoms with Crippen molar-refractivity contribution in [3.05, 3.63) is 94.8 Å². The van der Waals surface area contributed by atoms with Gasteiger partial charge in [0.05, 0.1) is 24.7 Å². The van der Waals surface area contributed by atoms with E-state index in [0.717, 1.165) is 5.56 Å². The van der Waals surface area contributed by atoms with E-state index >= 15 is 0 Å². The van der Waals surface area contributed by atoms with Crippen LogP contribution in [0.1, 0.15) is 33.9 Å². The van der Waals surface area contributed by atoms with Crippen LogP contribution in [-0.2, 0) is 20.7 Å². The molecule has 166 valence electrons. The summed E-state index contributed by atoms with van der Waals surface area (Å²) in [6.07, 6.45) is 0.0207. The number of pyridine rings is 1. The van der Waals surface area contributed by atoms with Gasteiger partial charge in [-0.15, -0.1) is 0 Å². The zero-order chi connectivity index (χ0) is 23.4. The average molecular weight is 442 g/mol. The lowest BCUT2D eigenvalue weighted by Gasteiger charge is -2.40. The number of carbonyl (C=O) groups is 1. The Hall–Kier alpha value is -3.73. The molecular weight excluding hydrogens is 420 g/mol. The number of fused-ring (bicyclic) bond motifs is 3. The number of aryl methyl sites for hydroxylation is 1. The van der Waals surface area contributed by atoms with Gasteiger partial charge in [0.1, 0.15) is 17.5 Å². The van der Waals surface area contributed by atoms with E-state index < -0.39 is 35.1 Å². The van der Waals surface area contributed by atoms with Crippen LogP contribution in [0.2, 0.25) is 0 Å². The molecule has 5 atom stereocenters. The van der Waals surface area contributed by atoms with Crippen molar-refractivity contribution in [1.82, 2.24) is 4.98 Å². The topological polar surface area (TPSA) is 113 Å². The fourth-order valence-corrected chi connectivity index (χ4v) is 5.44. The summed E-state index contributed by atoms with van der Waals surface area (Å²) in [5.74, 6) is -2.27. The van der Waals surface area contributed by atoms with E-state index in [0.29, 0.717) is 22.4 Å². The van der Waals surface area contributed by atoms with Crippen molar-refractivity contribution in [1.29, 1.82) is 5.26 Å². The second-order valence-electron chi connectivity index (χ2n) is 8.53. The van der Waals surface area contributed by atoms with Crippen LogP contribution in [0.25, 0.3) is 0 Å². The highest BCUT2D eigenvalue weighted by Crippen LogP contribution is 2.68. The van der Waals surface area contributed by atoms with Gasteiger partial charge in [0.2, 0.25) is 0 Å². The highest BCUT2D eigenvalue weighted by atomic mass is 16.5. The molecule has 2 heterocycles. The number of ether oxygens (including phenoxy) is 2. The number of benzene rings is 2. The molecule has 3 aromatic rings. The molecule has 2 aliphatic rings. The number of nitrogens with zero attached hydrogens (tertiary/aromatic N) is 2. The molecule has 0 amide bonds. The third kappa shape index (κ3) is 2.68. The summed E-state index contributed by atoms with van der Waals surface area (Å²) in [5, 5.41) is 33.2. The third-order valence-electron chi connectivity index (χ3n) is 6.83. The number of hydrogen-bond donors (Lipinski definition) is 2. The molecular formula is C26H22N2O5. The van der Waals surface area contributed by atoms with Gasteiger partial charge >= 0.3 is 5.97 Å². The molecule has 0 bridgehead atoms. The molecule has 0 unspecified atom stereocenters. The van der Waals surface area contributed by atoms with Crippen LogP contribution in [-0.4, -0.2) is 34.4 Å². The second kappa shape index (κ2) is 7.41. The number of hydrogen-bond acceptors (Lipinski definition) is 7.